The summed E-state index contributed by atoms with van der Waals surface area (Å²) in [5, 5.41) is 15.5. The number of aromatic nitrogens is 5. The highest BCUT2D eigenvalue weighted by Gasteiger charge is 2.21. The first kappa shape index (κ1) is 13.1. The molecule has 7 nitrogen and oxygen atoms in total. The second-order valence-electron chi connectivity index (χ2n) is 5.13. The van der Waals surface area contributed by atoms with Gasteiger partial charge in [0.1, 0.15) is 12.2 Å². The van der Waals surface area contributed by atoms with Crippen molar-refractivity contribution in [2.75, 3.05) is 5.32 Å². The highest BCUT2D eigenvalue weighted by molar-refractivity contribution is 5.18. The van der Waals surface area contributed by atoms with E-state index in [1.807, 2.05) is 11.6 Å². The Morgan fingerprint density at radius 3 is 2.95 bits per heavy atom. The van der Waals surface area contributed by atoms with Crippen molar-refractivity contribution in [2.45, 2.75) is 58.0 Å². The van der Waals surface area contributed by atoms with Crippen LogP contribution >= 0.6 is 0 Å². The molecular weight excluding hydrogens is 256 g/mol. The SMILES string of the molecule is CCn1ncnc1CNc1nnc(C2CCCCC2)o1. The molecule has 1 aliphatic carbocycles. The predicted molar refractivity (Wildman–Crippen MR) is 73.1 cm³/mol. The summed E-state index contributed by atoms with van der Waals surface area (Å²) in [6, 6.07) is 0.469. The lowest BCUT2D eigenvalue weighted by atomic mass is 9.89. The Morgan fingerprint density at radius 1 is 1.30 bits per heavy atom. The third kappa shape index (κ3) is 2.81. The van der Waals surface area contributed by atoms with Gasteiger partial charge in [-0.2, -0.15) is 5.10 Å². The van der Waals surface area contributed by atoms with E-state index in [9.17, 15) is 0 Å². The maximum absolute atomic E-state index is 5.70. The molecule has 1 N–H and O–H groups in total. The van der Waals surface area contributed by atoms with Crippen molar-refractivity contribution in [3.8, 4) is 0 Å². The zero-order valence-corrected chi connectivity index (χ0v) is 11.7. The van der Waals surface area contributed by atoms with Gasteiger partial charge in [0, 0.05) is 12.5 Å². The number of anilines is 1. The molecule has 0 aromatic carbocycles. The Kier molecular flexibility index (Phi) is 3.94. The van der Waals surface area contributed by atoms with Crippen LogP contribution in [-0.2, 0) is 13.1 Å². The molecule has 7 heteroatoms. The van der Waals surface area contributed by atoms with Crippen LogP contribution in [0.25, 0.3) is 0 Å². The summed E-state index contributed by atoms with van der Waals surface area (Å²) < 4.78 is 7.54. The highest BCUT2D eigenvalue weighted by Crippen LogP contribution is 2.32. The lowest BCUT2D eigenvalue weighted by molar-refractivity contribution is 0.367. The topological polar surface area (TPSA) is 81.7 Å². The fourth-order valence-corrected chi connectivity index (χ4v) is 2.66. The molecule has 0 spiro atoms. The van der Waals surface area contributed by atoms with Gasteiger partial charge in [0.15, 0.2) is 0 Å². The molecule has 0 atom stereocenters. The maximum Gasteiger partial charge on any atom is 0.315 e. The van der Waals surface area contributed by atoms with Crippen molar-refractivity contribution < 1.29 is 4.42 Å². The van der Waals surface area contributed by atoms with Gasteiger partial charge in [0.2, 0.25) is 5.89 Å². The molecule has 20 heavy (non-hydrogen) atoms. The van der Waals surface area contributed by atoms with Crippen LogP contribution in [0.5, 0.6) is 0 Å². The molecule has 0 aliphatic heterocycles. The maximum atomic E-state index is 5.70. The molecule has 1 aliphatic rings. The molecule has 0 saturated heterocycles. The minimum absolute atomic E-state index is 0.436. The third-order valence-corrected chi connectivity index (χ3v) is 3.79. The summed E-state index contributed by atoms with van der Waals surface area (Å²) >= 11 is 0. The quantitative estimate of drug-likeness (QED) is 0.902. The minimum atomic E-state index is 0.436. The van der Waals surface area contributed by atoms with Crippen molar-refractivity contribution in [2.24, 2.45) is 0 Å². The molecular formula is C13H20N6O. The van der Waals surface area contributed by atoms with Crippen molar-refractivity contribution in [3.05, 3.63) is 18.0 Å². The average molecular weight is 276 g/mol. The first-order valence-electron chi connectivity index (χ1n) is 7.30. The van der Waals surface area contributed by atoms with E-state index in [4.69, 9.17) is 4.42 Å². The summed E-state index contributed by atoms with van der Waals surface area (Å²) in [6.45, 7) is 3.38. The van der Waals surface area contributed by atoms with Crippen LogP contribution in [0.4, 0.5) is 6.01 Å². The van der Waals surface area contributed by atoms with Crippen LogP contribution in [0.15, 0.2) is 10.7 Å². The monoisotopic (exact) mass is 276 g/mol. The summed E-state index contributed by atoms with van der Waals surface area (Å²) in [7, 11) is 0. The van der Waals surface area contributed by atoms with E-state index >= 15 is 0 Å². The van der Waals surface area contributed by atoms with Gasteiger partial charge in [0.05, 0.1) is 6.54 Å². The van der Waals surface area contributed by atoms with Gasteiger partial charge in [0.25, 0.3) is 0 Å². The van der Waals surface area contributed by atoms with Crippen molar-refractivity contribution >= 4 is 6.01 Å². The smallest absolute Gasteiger partial charge is 0.315 e. The summed E-state index contributed by atoms with van der Waals surface area (Å²) in [5.74, 6) is 2.07. The molecule has 108 valence electrons. The van der Waals surface area contributed by atoms with E-state index in [0.717, 1.165) is 31.1 Å². The van der Waals surface area contributed by atoms with Crippen LogP contribution in [0, 0.1) is 0 Å². The second kappa shape index (κ2) is 6.02. The van der Waals surface area contributed by atoms with E-state index in [2.05, 4.69) is 25.6 Å². The van der Waals surface area contributed by atoms with E-state index in [1.54, 1.807) is 6.33 Å². The Hall–Kier alpha value is -1.92. The molecule has 0 unspecified atom stereocenters. The van der Waals surface area contributed by atoms with E-state index in [-0.39, 0.29) is 0 Å². The van der Waals surface area contributed by atoms with Crippen LogP contribution in [0.2, 0.25) is 0 Å². The largest absolute Gasteiger partial charge is 0.408 e. The molecule has 2 heterocycles. The normalized spacial score (nSPS) is 16.4. The first-order chi connectivity index (χ1) is 9.86. The fourth-order valence-electron chi connectivity index (χ4n) is 2.66. The van der Waals surface area contributed by atoms with Crippen LogP contribution in [-0.4, -0.2) is 25.0 Å². The van der Waals surface area contributed by atoms with Crippen LogP contribution in [0.3, 0.4) is 0 Å². The Bertz CT molecular complexity index is 543. The van der Waals surface area contributed by atoms with Crippen molar-refractivity contribution in [1.29, 1.82) is 0 Å². The molecule has 2 aromatic heterocycles. The van der Waals surface area contributed by atoms with E-state index in [1.165, 1.54) is 19.3 Å². The van der Waals surface area contributed by atoms with Crippen molar-refractivity contribution in [1.82, 2.24) is 25.0 Å². The van der Waals surface area contributed by atoms with E-state index < -0.39 is 0 Å². The number of hydrogen-bond donors (Lipinski definition) is 1. The van der Waals surface area contributed by atoms with Gasteiger partial charge in [-0.15, -0.1) is 5.10 Å². The van der Waals surface area contributed by atoms with Gasteiger partial charge in [-0.25, -0.2) is 9.67 Å². The summed E-state index contributed by atoms with van der Waals surface area (Å²) in [4.78, 5) is 4.20. The molecule has 1 saturated carbocycles. The first-order valence-corrected chi connectivity index (χ1v) is 7.30. The second-order valence-corrected chi connectivity index (χ2v) is 5.13. The van der Waals surface area contributed by atoms with Gasteiger partial charge >= 0.3 is 6.01 Å². The Morgan fingerprint density at radius 2 is 2.15 bits per heavy atom. The third-order valence-electron chi connectivity index (χ3n) is 3.79. The fraction of sp³-hybridized carbons (Fsp3) is 0.692. The molecule has 0 amide bonds. The van der Waals surface area contributed by atoms with Crippen molar-refractivity contribution in [3.63, 3.8) is 0 Å². The Labute approximate surface area is 117 Å². The number of nitrogens with zero attached hydrogens (tertiary/aromatic N) is 5. The minimum Gasteiger partial charge on any atom is -0.408 e. The summed E-state index contributed by atoms with van der Waals surface area (Å²) in [5.41, 5.74) is 0. The molecule has 1 fully saturated rings. The molecule has 2 aromatic rings. The number of nitrogens with one attached hydrogen (secondary N) is 1. The molecule has 0 bridgehead atoms. The average Bonchev–Trinajstić information content (AvgIpc) is 3.15. The van der Waals surface area contributed by atoms with Gasteiger partial charge in [-0.05, 0) is 19.8 Å². The molecule has 3 rings (SSSR count). The van der Waals surface area contributed by atoms with Gasteiger partial charge in [-0.3, -0.25) is 0 Å². The van der Waals surface area contributed by atoms with Gasteiger partial charge in [-0.1, -0.05) is 24.4 Å². The Balaban J connectivity index is 1.59. The number of aryl methyl sites for hydroxylation is 1. The lowest BCUT2D eigenvalue weighted by Gasteiger charge is -2.17. The predicted octanol–water partition coefficient (Wildman–Crippen LogP) is 2.34. The van der Waals surface area contributed by atoms with E-state index in [0.29, 0.717) is 18.5 Å². The number of hydrogen-bond acceptors (Lipinski definition) is 6. The zero-order chi connectivity index (χ0) is 13.8. The summed E-state index contributed by atoms with van der Waals surface area (Å²) in [6.07, 6.45) is 7.71. The highest BCUT2D eigenvalue weighted by atomic mass is 16.4. The molecule has 0 radical (unpaired) electrons. The zero-order valence-electron chi connectivity index (χ0n) is 11.7. The standard InChI is InChI=1S/C13H20N6O/c1-2-19-11(15-9-16-19)8-14-13-18-17-12(20-13)10-6-4-3-5-7-10/h9-10H,2-8H2,1H3,(H,14,18). The lowest BCUT2D eigenvalue weighted by Crippen LogP contribution is -2.09. The van der Waals surface area contributed by atoms with Crippen LogP contribution < -0.4 is 5.32 Å². The van der Waals surface area contributed by atoms with Crippen LogP contribution in [0.1, 0.15) is 56.7 Å². The van der Waals surface area contributed by atoms with Gasteiger partial charge < -0.3 is 9.73 Å². The number of rotatable bonds is 5.